The summed E-state index contributed by atoms with van der Waals surface area (Å²) in [6.45, 7) is 6.69. The number of nitrogens with one attached hydrogen (secondary N) is 1. The van der Waals surface area contributed by atoms with Crippen molar-refractivity contribution in [1.29, 1.82) is 0 Å². The molecule has 128 valence electrons. The molecule has 2 amide bonds. The molecule has 1 aliphatic rings. The van der Waals surface area contributed by atoms with Gasteiger partial charge >= 0.3 is 6.03 Å². The Balaban J connectivity index is 1.98. The van der Waals surface area contributed by atoms with Crippen LogP contribution in [-0.2, 0) is 9.84 Å². The molecular weight excluding hydrogens is 312 g/mol. The molecule has 23 heavy (non-hydrogen) atoms. The van der Waals surface area contributed by atoms with Crippen LogP contribution in [0.1, 0.15) is 32.3 Å². The first-order valence-electron chi connectivity index (χ1n) is 8.09. The van der Waals surface area contributed by atoms with Gasteiger partial charge in [0, 0.05) is 25.0 Å². The average Bonchev–Trinajstić information content (AvgIpc) is 2.64. The molecule has 0 spiro atoms. The van der Waals surface area contributed by atoms with Crippen molar-refractivity contribution < 1.29 is 13.2 Å². The Bertz CT molecular complexity index is 630. The van der Waals surface area contributed by atoms with Gasteiger partial charge in [-0.15, -0.1) is 0 Å². The van der Waals surface area contributed by atoms with E-state index in [0.29, 0.717) is 6.54 Å². The van der Waals surface area contributed by atoms with Crippen molar-refractivity contribution in [2.75, 3.05) is 24.6 Å². The van der Waals surface area contributed by atoms with Gasteiger partial charge in [-0.05, 0) is 18.4 Å². The van der Waals surface area contributed by atoms with Crippen LogP contribution < -0.4 is 5.32 Å². The van der Waals surface area contributed by atoms with Gasteiger partial charge in [0.15, 0.2) is 9.84 Å². The van der Waals surface area contributed by atoms with E-state index in [-0.39, 0.29) is 42.0 Å². The maximum Gasteiger partial charge on any atom is 0.317 e. The smallest absolute Gasteiger partial charge is 0.317 e. The second-order valence-electron chi connectivity index (χ2n) is 6.60. The molecule has 0 radical (unpaired) electrons. The number of hydrogen-bond donors (Lipinski definition) is 1. The highest BCUT2D eigenvalue weighted by Crippen LogP contribution is 2.19. The van der Waals surface area contributed by atoms with Crippen molar-refractivity contribution in [2.24, 2.45) is 5.92 Å². The Morgan fingerprint density at radius 1 is 1.26 bits per heavy atom. The van der Waals surface area contributed by atoms with E-state index in [1.54, 1.807) is 4.90 Å². The van der Waals surface area contributed by atoms with Gasteiger partial charge in [0.25, 0.3) is 0 Å². The number of carbonyl (C=O) groups is 1. The predicted octanol–water partition coefficient (Wildman–Crippen LogP) is 2.25. The van der Waals surface area contributed by atoms with Crippen molar-refractivity contribution in [1.82, 2.24) is 10.2 Å². The quantitative estimate of drug-likeness (QED) is 0.919. The molecule has 3 atom stereocenters. The van der Waals surface area contributed by atoms with E-state index in [0.717, 1.165) is 0 Å². The van der Waals surface area contributed by atoms with E-state index in [1.165, 1.54) is 5.56 Å². The molecule has 1 aromatic rings. The summed E-state index contributed by atoms with van der Waals surface area (Å²) in [6, 6.07) is 9.84. The molecule has 1 fully saturated rings. The first-order chi connectivity index (χ1) is 10.8. The number of urea groups is 1. The lowest BCUT2D eigenvalue weighted by atomic mass is 9.94. The summed E-state index contributed by atoms with van der Waals surface area (Å²) in [5, 5.41) is 3.02. The molecule has 0 unspecified atom stereocenters. The van der Waals surface area contributed by atoms with Crippen LogP contribution in [0.5, 0.6) is 0 Å². The second-order valence-corrected chi connectivity index (χ2v) is 8.83. The Hall–Kier alpha value is -1.56. The van der Waals surface area contributed by atoms with Gasteiger partial charge < -0.3 is 10.2 Å². The number of amides is 2. The van der Waals surface area contributed by atoms with E-state index in [1.807, 2.05) is 44.2 Å². The van der Waals surface area contributed by atoms with Gasteiger partial charge in [0.2, 0.25) is 0 Å². The Morgan fingerprint density at radius 2 is 1.91 bits per heavy atom. The topological polar surface area (TPSA) is 66.5 Å². The summed E-state index contributed by atoms with van der Waals surface area (Å²) in [7, 11) is -3.04. The number of sulfone groups is 1. The summed E-state index contributed by atoms with van der Waals surface area (Å²) in [5.41, 5.74) is 1.17. The van der Waals surface area contributed by atoms with Crippen molar-refractivity contribution in [3.8, 4) is 0 Å². The average molecular weight is 338 g/mol. The van der Waals surface area contributed by atoms with Crippen molar-refractivity contribution >= 4 is 15.9 Å². The van der Waals surface area contributed by atoms with Crippen LogP contribution in [0.15, 0.2) is 30.3 Å². The number of nitrogens with zero attached hydrogens (tertiary/aromatic N) is 1. The second kappa shape index (κ2) is 7.34. The van der Waals surface area contributed by atoms with Gasteiger partial charge in [0.1, 0.15) is 0 Å². The third-order valence-corrected chi connectivity index (χ3v) is 6.34. The highest BCUT2D eigenvalue weighted by Gasteiger charge is 2.28. The molecule has 1 N–H and O–H groups in total. The molecule has 6 heteroatoms. The van der Waals surface area contributed by atoms with Crippen LogP contribution in [0.4, 0.5) is 4.79 Å². The zero-order valence-electron chi connectivity index (χ0n) is 14.0. The predicted molar refractivity (Wildman–Crippen MR) is 92.2 cm³/mol. The SMILES string of the molecule is C[C@@H]1CN(C(=O)N[C@@H](C)[C@H](C)c2ccccc2)CCS(=O)(=O)C1. The van der Waals surface area contributed by atoms with Crippen LogP contribution in [-0.4, -0.2) is 50.0 Å². The molecule has 5 nitrogen and oxygen atoms in total. The molecule has 1 aromatic carbocycles. The van der Waals surface area contributed by atoms with Gasteiger partial charge in [-0.2, -0.15) is 0 Å². The van der Waals surface area contributed by atoms with Crippen LogP contribution in [0, 0.1) is 5.92 Å². The monoisotopic (exact) mass is 338 g/mol. The minimum Gasteiger partial charge on any atom is -0.335 e. The van der Waals surface area contributed by atoms with Crippen molar-refractivity contribution in [3.05, 3.63) is 35.9 Å². The van der Waals surface area contributed by atoms with Crippen LogP contribution in [0.25, 0.3) is 0 Å². The van der Waals surface area contributed by atoms with Gasteiger partial charge in [-0.1, -0.05) is 44.2 Å². The van der Waals surface area contributed by atoms with E-state index in [4.69, 9.17) is 0 Å². The molecule has 0 aromatic heterocycles. The van der Waals surface area contributed by atoms with Crippen molar-refractivity contribution in [3.63, 3.8) is 0 Å². The number of hydrogen-bond acceptors (Lipinski definition) is 3. The zero-order chi connectivity index (χ0) is 17.0. The fourth-order valence-corrected chi connectivity index (χ4v) is 4.56. The largest absolute Gasteiger partial charge is 0.335 e. The summed E-state index contributed by atoms with van der Waals surface area (Å²) >= 11 is 0. The molecular formula is C17H26N2O3S. The normalized spacial score (nSPS) is 23.6. The highest BCUT2D eigenvalue weighted by molar-refractivity contribution is 7.91. The molecule has 0 bridgehead atoms. The van der Waals surface area contributed by atoms with Gasteiger partial charge in [0.05, 0.1) is 11.5 Å². The standard InChI is InChI=1S/C17H26N2O3S/c1-13-11-19(9-10-23(21,22)12-13)17(20)18-15(3)14(2)16-7-5-4-6-8-16/h4-8,13-15H,9-12H2,1-3H3,(H,18,20)/t13-,14+,15+/m1/s1. The van der Waals surface area contributed by atoms with Gasteiger partial charge in [-0.25, -0.2) is 13.2 Å². The summed E-state index contributed by atoms with van der Waals surface area (Å²) in [4.78, 5) is 14.1. The van der Waals surface area contributed by atoms with E-state index < -0.39 is 9.84 Å². The van der Waals surface area contributed by atoms with Crippen LogP contribution >= 0.6 is 0 Å². The Kier molecular flexibility index (Phi) is 5.68. The lowest BCUT2D eigenvalue weighted by Crippen LogP contribution is -2.47. The third kappa shape index (κ3) is 4.96. The molecule has 1 saturated heterocycles. The Morgan fingerprint density at radius 3 is 2.57 bits per heavy atom. The fourth-order valence-electron chi connectivity index (χ4n) is 2.93. The maximum absolute atomic E-state index is 12.5. The summed E-state index contributed by atoms with van der Waals surface area (Å²) < 4.78 is 23.6. The first kappa shape index (κ1) is 17.8. The minimum atomic E-state index is -3.04. The van der Waals surface area contributed by atoms with E-state index in [9.17, 15) is 13.2 Å². The maximum atomic E-state index is 12.5. The molecule has 0 aliphatic carbocycles. The minimum absolute atomic E-state index is 0.0277. The van der Waals surface area contributed by atoms with Crippen molar-refractivity contribution in [2.45, 2.75) is 32.7 Å². The third-order valence-electron chi connectivity index (χ3n) is 4.46. The fraction of sp³-hybridized carbons (Fsp3) is 0.588. The summed E-state index contributed by atoms with van der Waals surface area (Å²) in [6.07, 6.45) is 0. The molecule has 1 heterocycles. The van der Waals surface area contributed by atoms with Gasteiger partial charge in [-0.3, -0.25) is 0 Å². The van der Waals surface area contributed by atoms with Crippen LogP contribution in [0.3, 0.4) is 0 Å². The number of rotatable bonds is 3. The zero-order valence-corrected chi connectivity index (χ0v) is 14.8. The summed E-state index contributed by atoms with van der Waals surface area (Å²) in [5.74, 6) is 0.364. The first-order valence-corrected chi connectivity index (χ1v) is 9.91. The lowest BCUT2D eigenvalue weighted by Gasteiger charge is -2.27. The van der Waals surface area contributed by atoms with E-state index in [2.05, 4.69) is 12.2 Å². The van der Waals surface area contributed by atoms with E-state index >= 15 is 0 Å². The van der Waals surface area contributed by atoms with Crippen LogP contribution in [0.2, 0.25) is 0 Å². The highest BCUT2D eigenvalue weighted by atomic mass is 32.2. The molecule has 2 rings (SSSR count). The number of benzene rings is 1. The molecule has 0 saturated carbocycles. The Labute approximate surface area is 139 Å². The molecule has 1 aliphatic heterocycles. The number of carbonyl (C=O) groups excluding carboxylic acids is 1. The lowest BCUT2D eigenvalue weighted by molar-refractivity contribution is 0.191.